The van der Waals surface area contributed by atoms with Gasteiger partial charge in [0.1, 0.15) is 12.0 Å². The van der Waals surface area contributed by atoms with Gasteiger partial charge in [0.2, 0.25) is 0 Å². The minimum Gasteiger partial charge on any atom is -0.465 e. The third kappa shape index (κ3) is 4.80. The smallest absolute Gasteiger partial charge is 0.337 e. The van der Waals surface area contributed by atoms with E-state index >= 15 is 0 Å². The highest BCUT2D eigenvalue weighted by molar-refractivity contribution is 6.09. The van der Waals surface area contributed by atoms with E-state index in [4.69, 9.17) is 14.5 Å². The highest BCUT2D eigenvalue weighted by atomic mass is 16.5. The van der Waals surface area contributed by atoms with Crippen LogP contribution in [0.2, 0.25) is 0 Å². The molecule has 33 heavy (non-hydrogen) atoms. The van der Waals surface area contributed by atoms with Crippen molar-refractivity contribution < 1.29 is 23.9 Å². The Labute approximate surface area is 195 Å². The second kappa shape index (κ2) is 9.24. The fraction of sp³-hybridized carbons (Fsp3) is 0.556. The fourth-order valence-corrected chi connectivity index (χ4v) is 5.48. The zero-order valence-electron chi connectivity index (χ0n) is 20.0. The minimum atomic E-state index is -0.653. The van der Waals surface area contributed by atoms with Crippen molar-refractivity contribution in [1.82, 2.24) is 0 Å². The Morgan fingerprint density at radius 2 is 1.70 bits per heavy atom. The lowest BCUT2D eigenvalue weighted by Gasteiger charge is -2.39. The Morgan fingerprint density at radius 1 is 1.03 bits per heavy atom. The molecule has 0 saturated heterocycles. The van der Waals surface area contributed by atoms with E-state index in [2.05, 4.69) is 13.8 Å². The number of nitrogens with zero attached hydrogens (tertiary/aromatic N) is 1. The van der Waals surface area contributed by atoms with Crippen LogP contribution in [0.15, 0.2) is 40.5 Å². The number of esters is 2. The van der Waals surface area contributed by atoms with Crippen LogP contribution in [0.25, 0.3) is 0 Å². The van der Waals surface area contributed by atoms with Gasteiger partial charge in [0.25, 0.3) is 0 Å². The number of carbonyl (C=O) groups excluding carboxylic acids is 3. The standard InChI is InChI=1S/C27H33NO5/c1-16-22(26(31)33-19-8-6-5-7-9-19)23(17-10-12-18(13-11-17)25(30)32-4)24-20(28-16)14-27(2,3)15-21(24)29/h10-13,19,22-23H,5-9,14-15H2,1-4H3/t22?,23-/m1/s1. The number of carbonyl (C=O) groups is 3. The summed E-state index contributed by atoms with van der Waals surface area (Å²) in [5.41, 5.74) is 3.14. The second-order valence-corrected chi connectivity index (χ2v) is 10.3. The number of methoxy groups -OCH3 is 1. The monoisotopic (exact) mass is 451 g/mol. The number of Topliss-reactive ketones (excluding diaryl/α,β-unsaturated/α-hetero) is 1. The number of benzene rings is 1. The molecule has 3 aliphatic rings. The van der Waals surface area contributed by atoms with Gasteiger partial charge in [0.15, 0.2) is 5.78 Å². The molecule has 6 nitrogen and oxygen atoms in total. The molecule has 0 radical (unpaired) electrons. The lowest BCUT2D eigenvalue weighted by molar-refractivity contribution is -0.153. The molecular weight excluding hydrogens is 418 g/mol. The zero-order chi connectivity index (χ0) is 23.8. The predicted molar refractivity (Wildman–Crippen MR) is 125 cm³/mol. The van der Waals surface area contributed by atoms with Crippen LogP contribution in [-0.4, -0.2) is 36.6 Å². The highest BCUT2D eigenvalue weighted by Gasteiger charge is 2.46. The topological polar surface area (TPSA) is 82.0 Å². The van der Waals surface area contributed by atoms with Crippen LogP contribution >= 0.6 is 0 Å². The molecule has 0 bridgehead atoms. The van der Waals surface area contributed by atoms with Gasteiger partial charge in [0, 0.05) is 29.3 Å². The maximum atomic E-state index is 13.5. The summed E-state index contributed by atoms with van der Waals surface area (Å²) in [6, 6.07) is 6.99. The van der Waals surface area contributed by atoms with Gasteiger partial charge in [-0.25, -0.2) is 4.79 Å². The van der Waals surface area contributed by atoms with Crippen LogP contribution in [0.4, 0.5) is 0 Å². The number of aliphatic imine (C=N–C) groups is 1. The third-order valence-corrected chi connectivity index (χ3v) is 7.08. The van der Waals surface area contributed by atoms with Crippen LogP contribution in [-0.2, 0) is 19.1 Å². The van der Waals surface area contributed by atoms with Gasteiger partial charge < -0.3 is 9.47 Å². The SMILES string of the molecule is COC(=O)c1ccc([C@H]2C3=C(CC(C)(C)CC3=O)N=C(C)C2C(=O)OC2CCCCC2)cc1. The molecule has 176 valence electrons. The van der Waals surface area contributed by atoms with Gasteiger partial charge in [0.05, 0.1) is 12.7 Å². The number of rotatable bonds is 4. The molecule has 2 aliphatic carbocycles. The zero-order valence-corrected chi connectivity index (χ0v) is 20.0. The Hall–Kier alpha value is -2.76. The molecular formula is C27H33NO5. The molecule has 1 unspecified atom stereocenters. The van der Waals surface area contributed by atoms with Crippen molar-refractivity contribution in [3.8, 4) is 0 Å². The molecule has 0 N–H and O–H groups in total. The first-order chi connectivity index (χ1) is 15.7. The summed E-state index contributed by atoms with van der Waals surface area (Å²) in [7, 11) is 1.34. The largest absolute Gasteiger partial charge is 0.465 e. The maximum Gasteiger partial charge on any atom is 0.337 e. The first-order valence-electron chi connectivity index (χ1n) is 11.9. The van der Waals surface area contributed by atoms with Gasteiger partial charge >= 0.3 is 11.9 Å². The van der Waals surface area contributed by atoms with Crippen molar-refractivity contribution in [2.45, 2.75) is 77.7 Å². The summed E-state index contributed by atoms with van der Waals surface area (Å²) >= 11 is 0. The average molecular weight is 452 g/mol. The summed E-state index contributed by atoms with van der Waals surface area (Å²) < 4.78 is 10.8. The second-order valence-electron chi connectivity index (χ2n) is 10.3. The molecule has 1 aromatic carbocycles. The highest BCUT2D eigenvalue weighted by Crippen LogP contribution is 2.48. The van der Waals surface area contributed by atoms with Crippen molar-refractivity contribution in [3.05, 3.63) is 46.7 Å². The maximum absolute atomic E-state index is 13.5. The summed E-state index contributed by atoms with van der Waals surface area (Å²) in [4.78, 5) is 43.5. The molecule has 0 amide bonds. The summed E-state index contributed by atoms with van der Waals surface area (Å²) in [5, 5.41) is 0. The molecule has 0 aromatic heterocycles. The van der Waals surface area contributed by atoms with Crippen molar-refractivity contribution in [2.24, 2.45) is 16.3 Å². The Bertz CT molecular complexity index is 1010. The third-order valence-electron chi connectivity index (χ3n) is 7.08. The minimum absolute atomic E-state index is 0.0370. The average Bonchev–Trinajstić information content (AvgIpc) is 2.77. The number of ketones is 1. The Balaban J connectivity index is 1.74. The number of hydrogen-bond acceptors (Lipinski definition) is 6. The van der Waals surface area contributed by atoms with E-state index < -0.39 is 17.8 Å². The lowest BCUT2D eigenvalue weighted by Crippen LogP contribution is -2.40. The Kier molecular flexibility index (Phi) is 6.55. The van der Waals surface area contributed by atoms with E-state index in [1.165, 1.54) is 13.5 Å². The van der Waals surface area contributed by atoms with E-state index in [0.29, 0.717) is 29.7 Å². The normalized spacial score (nSPS) is 25.2. The molecule has 1 aromatic rings. The molecule has 4 rings (SSSR count). The van der Waals surface area contributed by atoms with Crippen LogP contribution in [0.3, 0.4) is 0 Å². The molecule has 2 atom stereocenters. The van der Waals surface area contributed by atoms with E-state index in [-0.39, 0.29) is 23.3 Å². The van der Waals surface area contributed by atoms with Crippen molar-refractivity contribution in [3.63, 3.8) is 0 Å². The van der Waals surface area contributed by atoms with Crippen LogP contribution in [0.5, 0.6) is 0 Å². The van der Waals surface area contributed by atoms with Gasteiger partial charge in [-0.1, -0.05) is 32.4 Å². The van der Waals surface area contributed by atoms with Gasteiger partial charge in [-0.3, -0.25) is 14.6 Å². The fourth-order valence-electron chi connectivity index (χ4n) is 5.48. The van der Waals surface area contributed by atoms with Crippen LogP contribution < -0.4 is 0 Å². The number of hydrogen-bond donors (Lipinski definition) is 0. The van der Waals surface area contributed by atoms with E-state index in [1.807, 2.05) is 19.1 Å². The first-order valence-corrected chi connectivity index (χ1v) is 11.9. The summed E-state index contributed by atoms with van der Waals surface area (Å²) in [6.45, 7) is 6.00. The number of allylic oxidation sites excluding steroid dienone is 2. The van der Waals surface area contributed by atoms with Crippen molar-refractivity contribution >= 4 is 23.4 Å². The van der Waals surface area contributed by atoms with E-state index in [1.54, 1.807) is 12.1 Å². The molecule has 1 fully saturated rings. The Morgan fingerprint density at radius 3 is 2.33 bits per heavy atom. The van der Waals surface area contributed by atoms with E-state index in [0.717, 1.165) is 36.9 Å². The molecule has 1 aliphatic heterocycles. The predicted octanol–water partition coefficient (Wildman–Crippen LogP) is 5.17. The molecule has 6 heteroatoms. The van der Waals surface area contributed by atoms with Gasteiger partial charge in [-0.2, -0.15) is 0 Å². The molecule has 0 spiro atoms. The van der Waals surface area contributed by atoms with Crippen molar-refractivity contribution in [2.75, 3.05) is 7.11 Å². The van der Waals surface area contributed by atoms with Gasteiger partial charge in [-0.15, -0.1) is 0 Å². The summed E-state index contributed by atoms with van der Waals surface area (Å²) in [5.74, 6) is -1.82. The number of ether oxygens (including phenoxy) is 2. The van der Waals surface area contributed by atoms with Crippen LogP contribution in [0, 0.1) is 11.3 Å². The van der Waals surface area contributed by atoms with Crippen molar-refractivity contribution in [1.29, 1.82) is 0 Å². The lowest BCUT2D eigenvalue weighted by atomic mass is 9.67. The van der Waals surface area contributed by atoms with Gasteiger partial charge in [-0.05, 0) is 62.1 Å². The first kappa shape index (κ1) is 23.4. The van der Waals surface area contributed by atoms with Crippen LogP contribution in [0.1, 0.15) is 87.6 Å². The van der Waals surface area contributed by atoms with E-state index in [9.17, 15) is 14.4 Å². The summed E-state index contributed by atoms with van der Waals surface area (Å²) in [6.07, 6.45) is 6.11. The quantitative estimate of drug-likeness (QED) is 0.590. The molecule has 1 saturated carbocycles. The molecule has 1 heterocycles.